The molecule has 29 heavy (non-hydrogen) atoms. The van der Waals surface area contributed by atoms with Gasteiger partial charge in [-0.25, -0.2) is 0 Å². The average molecular weight is 434 g/mol. The first-order chi connectivity index (χ1) is 14.0. The van der Waals surface area contributed by atoms with Gasteiger partial charge < -0.3 is 9.80 Å². The molecule has 2 unspecified atom stereocenters. The molecule has 6 nitrogen and oxygen atoms in total. The van der Waals surface area contributed by atoms with Gasteiger partial charge in [0.1, 0.15) is 0 Å². The van der Waals surface area contributed by atoms with Crippen molar-refractivity contribution in [3.05, 3.63) is 29.3 Å². The van der Waals surface area contributed by atoms with E-state index in [1.807, 2.05) is 33.7 Å². The highest BCUT2D eigenvalue weighted by Crippen LogP contribution is 2.30. The quantitative estimate of drug-likeness (QED) is 0.664. The van der Waals surface area contributed by atoms with Crippen LogP contribution in [0.1, 0.15) is 33.1 Å². The van der Waals surface area contributed by atoms with Gasteiger partial charge >= 0.3 is 0 Å². The highest BCUT2D eigenvalue weighted by Gasteiger charge is 2.27. The lowest BCUT2D eigenvalue weighted by Gasteiger charge is -2.35. The minimum Gasteiger partial charge on any atom is -0.341 e. The number of nitrogens with zero attached hydrogens (tertiary/aromatic N) is 5. The Labute approximate surface area is 181 Å². The zero-order valence-electron chi connectivity index (χ0n) is 17.1. The predicted molar refractivity (Wildman–Crippen MR) is 118 cm³/mol. The van der Waals surface area contributed by atoms with Gasteiger partial charge in [-0.15, -0.1) is 10.2 Å². The number of carbonyl (C=O) groups excluding carboxylic acids is 1. The first-order valence-electron chi connectivity index (χ1n) is 10.4. The fraction of sp³-hybridized carbons (Fsp3) is 0.571. The SMILES string of the molecule is CC1CC(C)CN(C(=O)CSc2nnc(N3CCCC3)n2-c2cccc(Cl)c2)C1. The van der Waals surface area contributed by atoms with Crippen LogP contribution in [0.2, 0.25) is 5.02 Å². The van der Waals surface area contributed by atoms with Crippen LogP contribution in [0.25, 0.3) is 5.69 Å². The Morgan fingerprint density at radius 3 is 2.59 bits per heavy atom. The Kier molecular flexibility index (Phi) is 6.35. The van der Waals surface area contributed by atoms with E-state index >= 15 is 0 Å². The fourth-order valence-corrected chi connectivity index (χ4v) is 5.44. The maximum Gasteiger partial charge on any atom is 0.233 e. The fourth-order valence-electron chi connectivity index (χ4n) is 4.40. The van der Waals surface area contributed by atoms with Crippen LogP contribution in [0.15, 0.2) is 29.4 Å². The molecule has 0 saturated carbocycles. The molecule has 0 spiro atoms. The summed E-state index contributed by atoms with van der Waals surface area (Å²) in [7, 11) is 0. The summed E-state index contributed by atoms with van der Waals surface area (Å²) in [5.41, 5.74) is 0.930. The van der Waals surface area contributed by atoms with Crippen molar-refractivity contribution >= 4 is 35.2 Å². The second-order valence-corrected chi connectivity index (χ2v) is 9.70. The summed E-state index contributed by atoms with van der Waals surface area (Å²) in [5.74, 6) is 2.50. The number of amides is 1. The monoisotopic (exact) mass is 433 g/mol. The van der Waals surface area contributed by atoms with E-state index in [-0.39, 0.29) is 5.91 Å². The standard InChI is InChI=1S/C21H28ClN5OS/c1-15-10-16(2)13-26(12-15)19(28)14-29-21-24-23-20(25-8-3-4-9-25)27(21)18-7-5-6-17(22)11-18/h5-7,11,15-16H,3-4,8-10,12-14H2,1-2H3. The molecule has 0 radical (unpaired) electrons. The molecule has 0 N–H and O–H groups in total. The second kappa shape index (κ2) is 8.96. The topological polar surface area (TPSA) is 54.3 Å². The summed E-state index contributed by atoms with van der Waals surface area (Å²) >= 11 is 7.71. The number of thioether (sulfide) groups is 1. The molecule has 0 aliphatic carbocycles. The van der Waals surface area contributed by atoms with Crippen LogP contribution >= 0.6 is 23.4 Å². The smallest absolute Gasteiger partial charge is 0.233 e. The third-order valence-electron chi connectivity index (χ3n) is 5.62. The molecule has 2 saturated heterocycles. The van der Waals surface area contributed by atoms with Gasteiger partial charge in [0.15, 0.2) is 5.16 Å². The van der Waals surface area contributed by atoms with Crippen molar-refractivity contribution in [2.45, 2.75) is 38.3 Å². The molecule has 0 bridgehead atoms. The maximum absolute atomic E-state index is 12.8. The first kappa shape index (κ1) is 20.5. The Morgan fingerprint density at radius 1 is 1.17 bits per heavy atom. The van der Waals surface area contributed by atoms with Gasteiger partial charge in [0, 0.05) is 31.2 Å². The van der Waals surface area contributed by atoms with Gasteiger partial charge in [-0.2, -0.15) is 0 Å². The normalized spacial score (nSPS) is 22.3. The summed E-state index contributed by atoms with van der Waals surface area (Å²) in [6, 6.07) is 7.72. The van der Waals surface area contributed by atoms with Gasteiger partial charge in [0.05, 0.1) is 11.4 Å². The van der Waals surface area contributed by atoms with Gasteiger partial charge in [0.2, 0.25) is 11.9 Å². The number of hydrogen-bond donors (Lipinski definition) is 0. The highest BCUT2D eigenvalue weighted by molar-refractivity contribution is 7.99. The molecular weight excluding hydrogens is 406 g/mol. The number of likely N-dealkylation sites (tertiary alicyclic amines) is 1. The summed E-state index contributed by atoms with van der Waals surface area (Å²) in [6.45, 7) is 8.10. The van der Waals surface area contributed by atoms with Crippen LogP contribution in [-0.4, -0.2) is 57.5 Å². The summed E-state index contributed by atoms with van der Waals surface area (Å²) in [6.07, 6.45) is 3.52. The zero-order valence-corrected chi connectivity index (χ0v) is 18.6. The van der Waals surface area contributed by atoms with Crippen molar-refractivity contribution in [2.24, 2.45) is 11.8 Å². The lowest BCUT2D eigenvalue weighted by molar-refractivity contribution is -0.130. The van der Waals surface area contributed by atoms with Crippen molar-refractivity contribution in [2.75, 3.05) is 36.8 Å². The lowest BCUT2D eigenvalue weighted by Crippen LogP contribution is -2.43. The van der Waals surface area contributed by atoms with Crippen molar-refractivity contribution in [3.63, 3.8) is 0 Å². The van der Waals surface area contributed by atoms with Crippen molar-refractivity contribution in [3.8, 4) is 5.69 Å². The highest BCUT2D eigenvalue weighted by atomic mass is 35.5. The van der Waals surface area contributed by atoms with Gasteiger partial charge in [0.25, 0.3) is 0 Å². The second-order valence-electron chi connectivity index (χ2n) is 8.33. The Balaban J connectivity index is 1.55. The van der Waals surface area contributed by atoms with Crippen molar-refractivity contribution in [1.29, 1.82) is 0 Å². The van der Waals surface area contributed by atoms with E-state index in [1.165, 1.54) is 18.2 Å². The van der Waals surface area contributed by atoms with E-state index in [9.17, 15) is 4.79 Å². The van der Waals surface area contributed by atoms with E-state index in [4.69, 9.17) is 11.6 Å². The summed E-state index contributed by atoms with van der Waals surface area (Å²) in [5, 5.41) is 10.3. The number of aromatic nitrogens is 3. The molecule has 156 valence electrons. The van der Waals surface area contributed by atoms with Crippen LogP contribution in [0, 0.1) is 11.8 Å². The molecule has 2 fully saturated rings. The van der Waals surface area contributed by atoms with E-state index < -0.39 is 0 Å². The van der Waals surface area contributed by atoms with Gasteiger partial charge in [-0.1, -0.05) is 43.3 Å². The lowest BCUT2D eigenvalue weighted by atomic mass is 9.92. The Hall–Kier alpha value is -1.73. The zero-order chi connectivity index (χ0) is 20.4. The third-order valence-corrected chi connectivity index (χ3v) is 6.77. The molecule has 2 atom stereocenters. The van der Waals surface area contributed by atoms with Crippen LogP contribution in [-0.2, 0) is 4.79 Å². The summed E-state index contributed by atoms with van der Waals surface area (Å²) in [4.78, 5) is 17.1. The Bertz CT molecular complexity index is 857. The molecule has 2 aliphatic rings. The van der Waals surface area contributed by atoms with E-state index in [2.05, 4.69) is 28.9 Å². The third kappa shape index (κ3) is 4.72. The molecule has 1 aromatic carbocycles. The number of rotatable bonds is 5. The van der Waals surface area contributed by atoms with Crippen LogP contribution in [0.5, 0.6) is 0 Å². The maximum atomic E-state index is 12.8. The van der Waals surface area contributed by atoms with Crippen LogP contribution in [0.4, 0.5) is 5.95 Å². The van der Waals surface area contributed by atoms with E-state index in [1.54, 1.807) is 0 Å². The minimum atomic E-state index is 0.178. The molecular formula is C21H28ClN5OS. The van der Waals surface area contributed by atoms with E-state index in [0.717, 1.165) is 55.8 Å². The number of carbonyl (C=O) groups is 1. The van der Waals surface area contributed by atoms with Crippen LogP contribution < -0.4 is 4.90 Å². The molecule has 2 aliphatic heterocycles. The molecule has 4 rings (SSSR count). The van der Waals surface area contributed by atoms with Crippen LogP contribution in [0.3, 0.4) is 0 Å². The molecule has 8 heteroatoms. The average Bonchev–Trinajstić information content (AvgIpc) is 3.34. The molecule has 1 amide bonds. The number of hydrogen-bond acceptors (Lipinski definition) is 5. The predicted octanol–water partition coefficient (Wildman–Crippen LogP) is 4.12. The van der Waals surface area contributed by atoms with Crippen molar-refractivity contribution in [1.82, 2.24) is 19.7 Å². The molecule has 2 aromatic rings. The number of halogens is 1. The number of benzene rings is 1. The molecule has 1 aromatic heterocycles. The largest absolute Gasteiger partial charge is 0.341 e. The number of anilines is 1. The van der Waals surface area contributed by atoms with E-state index in [0.29, 0.717) is 22.6 Å². The van der Waals surface area contributed by atoms with Crippen molar-refractivity contribution < 1.29 is 4.79 Å². The van der Waals surface area contributed by atoms with Gasteiger partial charge in [-0.3, -0.25) is 9.36 Å². The number of piperidine rings is 1. The van der Waals surface area contributed by atoms with Gasteiger partial charge in [-0.05, 0) is 49.3 Å². The summed E-state index contributed by atoms with van der Waals surface area (Å²) < 4.78 is 2.04. The molecule has 3 heterocycles. The first-order valence-corrected chi connectivity index (χ1v) is 11.7. The minimum absolute atomic E-state index is 0.178. The Morgan fingerprint density at radius 2 is 1.90 bits per heavy atom.